The number of urea groups is 1. The van der Waals surface area contributed by atoms with Gasteiger partial charge in [0.2, 0.25) is 0 Å². The summed E-state index contributed by atoms with van der Waals surface area (Å²) in [7, 11) is 0. The van der Waals surface area contributed by atoms with E-state index in [2.05, 4.69) is 10.6 Å². The van der Waals surface area contributed by atoms with Gasteiger partial charge in [-0.15, -0.1) is 0 Å². The van der Waals surface area contributed by atoms with Crippen LogP contribution in [0.5, 0.6) is 0 Å². The molecule has 0 fully saturated rings. The molecule has 0 radical (unpaired) electrons. The van der Waals surface area contributed by atoms with Crippen LogP contribution >= 0.6 is 11.6 Å². The molecule has 0 saturated carbocycles. The monoisotopic (exact) mass is 340 g/mol. The van der Waals surface area contributed by atoms with Crippen molar-refractivity contribution in [3.63, 3.8) is 0 Å². The van der Waals surface area contributed by atoms with E-state index in [9.17, 15) is 18.7 Å². The first-order valence-corrected chi connectivity index (χ1v) is 7.14. The number of carbonyl (C=O) groups excluding carboxylic acids is 1. The molecule has 0 aliphatic heterocycles. The van der Waals surface area contributed by atoms with Gasteiger partial charge in [-0.25, -0.2) is 13.6 Å². The Morgan fingerprint density at radius 1 is 1.22 bits per heavy atom. The van der Waals surface area contributed by atoms with Gasteiger partial charge in [0.15, 0.2) is 0 Å². The van der Waals surface area contributed by atoms with E-state index in [0.717, 1.165) is 6.07 Å². The summed E-state index contributed by atoms with van der Waals surface area (Å²) in [6.45, 7) is 1.33. The van der Waals surface area contributed by atoms with Crippen molar-refractivity contribution in [2.24, 2.45) is 0 Å². The van der Waals surface area contributed by atoms with Crippen molar-refractivity contribution in [1.29, 1.82) is 0 Å². The van der Waals surface area contributed by atoms with E-state index in [0.29, 0.717) is 5.56 Å². The summed E-state index contributed by atoms with van der Waals surface area (Å²) in [6, 6.07) is 8.34. The molecule has 2 amide bonds. The molecule has 2 aromatic carbocycles. The second kappa shape index (κ2) is 6.93. The minimum atomic E-state index is -1.40. The van der Waals surface area contributed by atoms with Gasteiger partial charge in [0, 0.05) is 5.02 Å². The zero-order valence-corrected chi connectivity index (χ0v) is 13.0. The number of amides is 2. The van der Waals surface area contributed by atoms with Crippen molar-refractivity contribution in [2.45, 2.75) is 12.5 Å². The van der Waals surface area contributed by atoms with Gasteiger partial charge in [-0.2, -0.15) is 0 Å². The van der Waals surface area contributed by atoms with Gasteiger partial charge in [-0.05, 0) is 42.8 Å². The Bertz CT molecular complexity index is 706. The number of aliphatic hydroxyl groups is 1. The molecule has 0 saturated heterocycles. The molecule has 23 heavy (non-hydrogen) atoms. The number of halogens is 3. The largest absolute Gasteiger partial charge is 0.384 e. The lowest BCUT2D eigenvalue weighted by Gasteiger charge is -2.24. The molecular formula is C16H15ClF2N2O2. The molecule has 122 valence electrons. The van der Waals surface area contributed by atoms with Crippen LogP contribution in [0.3, 0.4) is 0 Å². The molecule has 0 aromatic heterocycles. The van der Waals surface area contributed by atoms with Crippen molar-refractivity contribution in [3.8, 4) is 0 Å². The number of benzene rings is 2. The van der Waals surface area contributed by atoms with Crippen LogP contribution in [-0.2, 0) is 5.60 Å². The maximum Gasteiger partial charge on any atom is 0.319 e. The van der Waals surface area contributed by atoms with Crippen LogP contribution in [0.4, 0.5) is 19.3 Å². The minimum absolute atomic E-state index is 0.0728. The van der Waals surface area contributed by atoms with Gasteiger partial charge in [0.1, 0.15) is 17.2 Å². The second-order valence-electron chi connectivity index (χ2n) is 5.21. The first-order chi connectivity index (χ1) is 10.8. The lowest BCUT2D eigenvalue weighted by Crippen LogP contribution is -2.40. The van der Waals surface area contributed by atoms with E-state index in [4.69, 9.17) is 11.6 Å². The highest BCUT2D eigenvalue weighted by Crippen LogP contribution is 2.21. The highest BCUT2D eigenvalue weighted by Gasteiger charge is 2.24. The van der Waals surface area contributed by atoms with Crippen molar-refractivity contribution in [1.82, 2.24) is 5.32 Å². The van der Waals surface area contributed by atoms with Crippen molar-refractivity contribution < 1.29 is 18.7 Å². The van der Waals surface area contributed by atoms with Crippen LogP contribution in [0.25, 0.3) is 0 Å². The SMILES string of the molecule is CC(O)(CNC(=O)Nc1cc(Cl)ccc1F)c1ccc(F)cc1. The molecule has 0 heterocycles. The van der Waals surface area contributed by atoms with Crippen molar-refractivity contribution >= 4 is 23.3 Å². The number of nitrogens with one attached hydrogen (secondary N) is 2. The van der Waals surface area contributed by atoms with E-state index in [1.54, 1.807) is 0 Å². The molecule has 2 aromatic rings. The maximum absolute atomic E-state index is 13.5. The molecular weight excluding hydrogens is 326 g/mol. The van der Waals surface area contributed by atoms with Gasteiger partial charge >= 0.3 is 6.03 Å². The second-order valence-corrected chi connectivity index (χ2v) is 5.65. The molecule has 1 atom stereocenters. The van der Waals surface area contributed by atoms with Crippen LogP contribution in [0, 0.1) is 11.6 Å². The lowest BCUT2D eigenvalue weighted by atomic mass is 9.96. The van der Waals surface area contributed by atoms with Crippen LogP contribution in [0.2, 0.25) is 5.02 Å². The van der Waals surface area contributed by atoms with Crippen molar-refractivity contribution in [2.75, 3.05) is 11.9 Å². The number of carbonyl (C=O) groups is 1. The zero-order valence-electron chi connectivity index (χ0n) is 12.2. The minimum Gasteiger partial charge on any atom is -0.384 e. The fourth-order valence-corrected chi connectivity index (χ4v) is 2.10. The molecule has 7 heteroatoms. The third kappa shape index (κ3) is 4.64. The van der Waals surface area contributed by atoms with Crippen LogP contribution < -0.4 is 10.6 Å². The topological polar surface area (TPSA) is 61.4 Å². The van der Waals surface area contributed by atoms with E-state index in [1.165, 1.54) is 43.3 Å². The number of rotatable bonds is 4. The Kier molecular flexibility index (Phi) is 5.18. The maximum atomic E-state index is 13.5. The molecule has 2 rings (SSSR count). The smallest absolute Gasteiger partial charge is 0.319 e. The summed E-state index contributed by atoms with van der Waals surface area (Å²) in [6.07, 6.45) is 0. The number of anilines is 1. The Morgan fingerprint density at radius 2 is 1.87 bits per heavy atom. The van der Waals surface area contributed by atoms with E-state index in [-0.39, 0.29) is 17.3 Å². The third-order valence-corrected chi connectivity index (χ3v) is 3.47. The molecule has 0 aliphatic carbocycles. The van der Waals surface area contributed by atoms with Gasteiger partial charge in [0.25, 0.3) is 0 Å². The Hall–Kier alpha value is -2.18. The summed E-state index contributed by atoms with van der Waals surface area (Å²) in [5.41, 5.74) is -1.04. The normalized spacial score (nSPS) is 13.3. The Morgan fingerprint density at radius 3 is 2.52 bits per heavy atom. The highest BCUT2D eigenvalue weighted by molar-refractivity contribution is 6.30. The fraction of sp³-hybridized carbons (Fsp3) is 0.188. The summed E-state index contributed by atoms with van der Waals surface area (Å²) in [4.78, 5) is 11.8. The average Bonchev–Trinajstić information content (AvgIpc) is 2.49. The summed E-state index contributed by atoms with van der Waals surface area (Å²) < 4.78 is 26.4. The molecule has 0 bridgehead atoms. The molecule has 1 unspecified atom stereocenters. The van der Waals surface area contributed by atoms with Crippen LogP contribution in [0.1, 0.15) is 12.5 Å². The van der Waals surface area contributed by atoms with Gasteiger partial charge in [-0.1, -0.05) is 23.7 Å². The van der Waals surface area contributed by atoms with Crippen LogP contribution in [-0.4, -0.2) is 17.7 Å². The Labute approximate surface area is 137 Å². The van der Waals surface area contributed by atoms with Gasteiger partial charge in [0.05, 0.1) is 12.2 Å². The van der Waals surface area contributed by atoms with Crippen LogP contribution in [0.15, 0.2) is 42.5 Å². The standard InChI is InChI=1S/C16H15ClF2N2O2/c1-16(23,10-2-5-12(18)6-3-10)9-20-15(22)21-14-8-11(17)4-7-13(14)19/h2-8,23H,9H2,1H3,(H2,20,21,22). The molecule has 0 aliphatic rings. The predicted octanol–water partition coefficient (Wildman–Crippen LogP) is 3.65. The number of hydrogen-bond acceptors (Lipinski definition) is 2. The number of hydrogen-bond donors (Lipinski definition) is 3. The third-order valence-electron chi connectivity index (χ3n) is 3.24. The zero-order chi connectivity index (χ0) is 17.0. The van der Waals surface area contributed by atoms with Gasteiger partial charge in [-0.3, -0.25) is 0 Å². The quantitative estimate of drug-likeness (QED) is 0.795. The fourth-order valence-electron chi connectivity index (χ4n) is 1.92. The molecule has 0 spiro atoms. The highest BCUT2D eigenvalue weighted by atomic mass is 35.5. The van der Waals surface area contributed by atoms with Gasteiger partial charge < -0.3 is 15.7 Å². The molecule has 3 N–H and O–H groups in total. The summed E-state index contributed by atoms with van der Waals surface area (Å²) in [5.74, 6) is -1.05. The van der Waals surface area contributed by atoms with E-state index >= 15 is 0 Å². The first-order valence-electron chi connectivity index (χ1n) is 6.76. The first kappa shape index (κ1) is 17.2. The molecule has 4 nitrogen and oxygen atoms in total. The van der Waals surface area contributed by atoms with Crippen molar-refractivity contribution in [3.05, 3.63) is 64.7 Å². The summed E-state index contributed by atoms with van der Waals surface area (Å²) >= 11 is 5.73. The average molecular weight is 341 g/mol. The predicted molar refractivity (Wildman–Crippen MR) is 84.4 cm³/mol. The lowest BCUT2D eigenvalue weighted by molar-refractivity contribution is 0.0599. The van der Waals surface area contributed by atoms with E-state index < -0.39 is 23.3 Å². The van der Waals surface area contributed by atoms with E-state index in [1.807, 2.05) is 0 Å². The Balaban J connectivity index is 1.98. The summed E-state index contributed by atoms with van der Waals surface area (Å²) in [5, 5.41) is 15.3.